The number of carbonyl (C=O) groups excluding carboxylic acids is 1. The van der Waals surface area contributed by atoms with Gasteiger partial charge in [0, 0.05) is 23.1 Å². The Morgan fingerprint density at radius 2 is 1.97 bits per heavy atom. The van der Waals surface area contributed by atoms with E-state index in [4.69, 9.17) is 11.6 Å². The van der Waals surface area contributed by atoms with Crippen LogP contribution in [0.3, 0.4) is 0 Å². The Morgan fingerprint density at radius 1 is 1.20 bits per heavy atom. The number of hydrazone groups is 1. The fourth-order valence-corrected chi connectivity index (χ4v) is 3.01. The number of hydrogen-bond acceptors (Lipinski definition) is 4. The maximum absolute atomic E-state index is 12.2. The molecule has 0 aliphatic carbocycles. The monoisotopic (exact) mass is 420 g/mol. The van der Waals surface area contributed by atoms with Crippen molar-refractivity contribution < 1.29 is 15.0 Å². The summed E-state index contributed by atoms with van der Waals surface area (Å²) in [6.45, 7) is 1.92. The maximum Gasteiger partial charge on any atom is 0.271 e. The molecule has 1 atom stereocenters. The number of fused-ring (bicyclic) bond motifs is 1. The van der Waals surface area contributed by atoms with E-state index in [9.17, 15) is 15.0 Å². The SMILES string of the molecule is CCC(O)CC#Cc1ccc(/C=N/NC(=O)c2ccc(O)c(Cl)c2)c2ccccc12. The molecule has 0 fully saturated rings. The third kappa shape index (κ3) is 5.18. The van der Waals surface area contributed by atoms with E-state index in [-0.39, 0.29) is 10.8 Å². The number of nitrogens with zero attached hydrogens (tertiary/aromatic N) is 1. The molecule has 0 radical (unpaired) electrons. The van der Waals surface area contributed by atoms with E-state index >= 15 is 0 Å². The van der Waals surface area contributed by atoms with Crippen molar-refractivity contribution in [2.24, 2.45) is 5.10 Å². The second-order valence-corrected chi connectivity index (χ2v) is 7.09. The number of halogens is 1. The van der Waals surface area contributed by atoms with Crippen molar-refractivity contribution in [1.29, 1.82) is 0 Å². The first-order valence-corrected chi connectivity index (χ1v) is 9.88. The number of carbonyl (C=O) groups is 1. The van der Waals surface area contributed by atoms with Crippen LogP contribution in [0.5, 0.6) is 5.75 Å². The van der Waals surface area contributed by atoms with Crippen molar-refractivity contribution in [3.8, 4) is 17.6 Å². The molecule has 3 N–H and O–H groups in total. The number of amides is 1. The van der Waals surface area contributed by atoms with Gasteiger partial charge in [0.2, 0.25) is 0 Å². The minimum absolute atomic E-state index is 0.0874. The van der Waals surface area contributed by atoms with Crippen LogP contribution in [0.1, 0.15) is 41.3 Å². The van der Waals surface area contributed by atoms with Gasteiger partial charge < -0.3 is 10.2 Å². The number of aliphatic hydroxyl groups excluding tert-OH is 1. The van der Waals surface area contributed by atoms with Gasteiger partial charge in [0.15, 0.2) is 0 Å². The van der Waals surface area contributed by atoms with Gasteiger partial charge in [-0.1, -0.05) is 60.7 Å². The zero-order valence-electron chi connectivity index (χ0n) is 16.4. The highest BCUT2D eigenvalue weighted by Gasteiger charge is 2.08. The Morgan fingerprint density at radius 3 is 2.70 bits per heavy atom. The molecule has 5 nitrogen and oxygen atoms in total. The highest BCUT2D eigenvalue weighted by atomic mass is 35.5. The van der Waals surface area contributed by atoms with Gasteiger partial charge in [0.25, 0.3) is 5.91 Å². The van der Waals surface area contributed by atoms with Gasteiger partial charge in [-0.25, -0.2) is 5.43 Å². The Bertz CT molecular complexity index is 1160. The second kappa shape index (κ2) is 9.93. The highest BCUT2D eigenvalue weighted by Crippen LogP contribution is 2.24. The fourth-order valence-electron chi connectivity index (χ4n) is 2.83. The predicted octanol–water partition coefficient (Wildman–Crippen LogP) is 4.48. The molecule has 0 aliphatic rings. The predicted molar refractivity (Wildman–Crippen MR) is 120 cm³/mol. The number of phenolic OH excluding ortho intramolecular Hbond substituents is 1. The van der Waals surface area contributed by atoms with E-state index in [1.807, 2.05) is 43.3 Å². The van der Waals surface area contributed by atoms with Crippen molar-refractivity contribution in [2.45, 2.75) is 25.9 Å². The van der Waals surface area contributed by atoms with E-state index in [1.54, 1.807) is 6.21 Å². The summed E-state index contributed by atoms with van der Waals surface area (Å²) in [4.78, 5) is 12.2. The minimum atomic E-state index is -0.436. The largest absolute Gasteiger partial charge is 0.506 e. The smallest absolute Gasteiger partial charge is 0.271 e. The fraction of sp³-hybridized carbons (Fsp3) is 0.167. The van der Waals surface area contributed by atoms with Gasteiger partial charge in [-0.2, -0.15) is 5.10 Å². The molecule has 0 heterocycles. The average Bonchev–Trinajstić information content (AvgIpc) is 2.76. The molecular formula is C24H21ClN2O3. The Balaban J connectivity index is 1.80. The summed E-state index contributed by atoms with van der Waals surface area (Å²) in [6, 6.07) is 15.8. The quantitative estimate of drug-likeness (QED) is 0.323. The van der Waals surface area contributed by atoms with Crippen molar-refractivity contribution in [3.05, 3.63) is 76.3 Å². The Labute approximate surface area is 180 Å². The molecular weight excluding hydrogens is 400 g/mol. The molecule has 1 unspecified atom stereocenters. The van der Waals surface area contributed by atoms with Crippen LogP contribution < -0.4 is 5.43 Å². The topological polar surface area (TPSA) is 81.9 Å². The number of nitrogens with one attached hydrogen (secondary N) is 1. The van der Waals surface area contributed by atoms with Crippen molar-refractivity contribution >= 4 is 34.5 Å². The normalized spacial score (nSPS) is 11.8. The summed E-state index contributed by atoms with van der Waals surface area (Å²) >= 11 is 5.84. The lowest BCUT2D eigenvalue weighted by atomic mass is 10.00. The molecule has 0 saturated heterocycles. The van der Waals surface area contributed by atoms with Crippen molar-refractivity contribution in [3.63, 3.8) is 0 Å². The number of rotatable bonds is 5. The summed E-state index contributed by atoms with van der Waals surface area (Å²) in [5.41, 5.74) is 4.45. The summed E-state index contributed by atoms with van der Waals surface area (Å²) in [6.07, 6.45) is 2.26. The lowest BCUT2D eigenvalue weighted by Gasteiger charge is -2.05. The summed E-state index contributed by atoms with van der Waals surface area (Å²) in [7, 11) is 0. The maximum atomic E-state index is 12.2. The van der Waals surface area contributed by atoms with E-state index in [2.05, 4.69) is 22.4 Å². The zero-order valence-corrected chi connectivity index (χ0v) is 17.1. The second-order valence-electron chi connectivity index (χ2n) is 6.68. The molecule has 152 valence electrons. The molecule has 0 aromatic heterocycles. The molecule has 6 heteroatoms. The first-order valence-electron chi connectivity index (χ1n) is 9.50. The van der Waals surface area contributed by atoms with Gasteiger partial charge >= 0.3 is 0 Å². The lowest BCUT2D eigenvalue weighted by molar-refractivity contribution is 0.0955. The zero-order chi connectivity index (χ0) is 21.5. The van der Waals surface area contributed by atoms with Crippen LogP contribution >= 0.6 is 11.6 Å². The summed E-state index contributed by atoms with van der Waals surface area (Å²) < 4.78 is 0. The van der Waals surface area contributed by atoms with Gasteiger partial charge in [0.1, 0.15) is 5.75 Å². The van der Waals surface area contributed by atoms with Crippen LogP contribution in [-0.2, 0) is 0 Å². The number of benzene rings is 3. The van der Waals surface area contributed by atoms with Gasteiger partial charge in [-0.05, 0) is 41.5 Å². The standard InChI is InChI=1S/C24H21ClN2O3/c1-2-19(28)7-5-6-16-10-11-18(21-9-4-3-8-20(16)21)15-26-27-24(30)17-12-13-23(29)22(25)14-17/h3-4,8-15,19,28-29H,2,7H2,1H3,(H,27,30)/b26-15+. The Kier molecular flexibility index (Phi) is 7.08. The number of hydrogen-bond donors (Lipinski definition) is 3. The molecule has 0 bridgehead atoms. The van der Waals surface area contributed by atoms with Crippen molar-refractivity contribution in [1.82, 2.24) is 5.43 Å². The third-order valence-electron chi connectivity index (χ3n) is 4.57. The molecule has 1 amide bonds. The van der Waals surface area contributed by atoms with E-state index in [1.165, 1.54) is 18.2 Å². The van der Waals surface area contributed by atoms with Crippen LogP contribution in [0.25, 0.3) is 10.8 Å². The minimum Gasteiger partial charge on any atom is -0.506 e. The van der Waals surface area contributed by atoms with Crippen LogP contribution in [0.2, 0.25) is 5.02 Å². The summed E-state index contributed by atoms with van der Waals surface area (Å²) in [5.74, 6) is 5.63. The number of aromatic hydroxyl groups is 1. The summed E-state index contributed by atoms with van der Waals surface area (Å²) in [5, 5.41) is 25.2. The van der Waals surface area contributed by atoms with E-state index in [0.29, 0.717) is 18.4 Å². The Hall–Kier alpha value is -3.33. The molecule has 0 aliphatic heterocycles. The van der Waals surface area contributed by atoms with Crippen LogP contribution in [0, 0.1) is 11.8 Å². The van der Waals surface area contributed by atoms with Crippen molar-refractivity contribution in [2.75, 3.05) is 0 Å². The lowest BCUT2D eigenvalue weighted by Crippen LogP contribution is -2.17. The van der Waals surface area contributed by atoms with Crippen LogP contribution in [-0.4, -0.2) is 28.4 Å². The molecule has 0 spiro atoms. The number of phenols is 1. The van der Waals surface area contributed by atoms with Crippen LogP contribution in [0.4, 0.5) is 0 Å². The molecule has 0 saturated carbocycles. The van der Waals surface area contributed by atoms with Gasteiger partial charge in [0.05, 0.1) is 17.3 Å². The molecule has 30 heavy (non-hydrogen) atoms. The van der Waals surface area contributed by atoms with Gasteiger partial charge in [-0.3, -0.25) is 4.79 Å². The first-order chi connectivity index (χ1) is 14.5. The first kappa shape index (κ1) is 21.4. The highest BCUT2D eigenvalue weighted by molar-refractivity contribution is 6.32. The molecule has 3 aromatic rings. The molecule has 3 aromatic carbocycles. The van der Waals surface area contributed by atoms with Crippen LogP contribution in [0.15, 0.2) is 59.7 Å². The average molecular weight is 421 g/mol. The van der Waals surface area contributed by atoms with E-state index < -0.39 is 12.0 Å². The molecule has 3 rings (SSSR count). The number of aliphatic hydroxyl groups is 1. The third-order valence-corrected chi connectivity index (χ3v) is 4.87. The van der Waals surface area contributed by atoms with Gasteiger partial charge in [-0.15, -0.1) is 0 Å². The van der Waals surface area contributed by atoms with E-state index in [0.717, 1.165) is 21.9 Å².